The minimum absolute atomic E-state index is 0.0840. The van der Waals surface area contributed by atoms with Gasteiger partial charge < -0.3 is 5.73 Å². The molecule has 0 saturated heterocycles. The molecule has 15 heavy (non-hydrogen) atoms. The van der Waals surface area contributed by atoms with Gasteiger partial charge in [0.1, 0.15) is 5.54 Å². The Labute approximate surface area is 94.6 Å². The van der Waals surface area contributed by atoms with Gasteiger partial charge >= 0.3 is 6.18 Å². The van der Waals surface area contributed by atoms with Gasteiger partial charge in [-0.25, -0.2) is 0 Å². The average Bonchev–Trinajstić information content (AvgIpc) is 2.16. The monoisotopic (exact) mass is 281 g/mol. The lowest BCUT2D eigenvalue weighted by Gasteiger charge is -2.31. The fourth-order valence-corrected chi connectivity index (χ4v) is 1.58. The normalized spacial score (nSPS) is 16.1. The zero-order chi connectivity index (χ0) is 11.7. The first-order valence-corrected chi connectivity index (χ1v) is 5.22. The van der Waals surface area contributed by atoms with Gasteiger partial charge in [-0.2, -0.15) is 13.2 Å². The highest BCUT2D eigenvalue weighted by atomic mass is 79.9. The van der Waals surface area contributed by atoms with Crippen molar-refractivity contribution < 1.29 is 13.2 Å². The first-order chi connectivity index (χ1) is 6.81. The van der Waals surface area contributed by atoms with E-state index in [-0.39, 0.29) is 12.0 Å². The molecule has 1 atom stereocenters. The van der Waals surface area contributed by atoms with Gasteiger partial charge in [0.25, 0.3) is 0 Å². The Hall–Kier alpha value is -0.550. The van der Waals surface area contributed by atoms with E-state index in [1.165, 1.54) is 19.1 Å². The molecule has 84 valence electrons. The highest BCUT2D eigenvalue weighted by molar-refractivity contribution is 9.10. The van der Waals surface area contributed by atoms with Crippen LogP contribution in [-0.4, -0.2) is 6.18 Å². The summed E-state index contributed by atoms with van der Waals surface area (Å²) in [5.41, 5.74) is 3.23. The molecule has 5 heteroatoms. The fourth-order valence-electron chi connectivity index (χ4n) is 1.32. The van der Waals surface area contributed by atoms with Crippen molar-refractivity contribution in [2.24, 2.45) is 5.73 Å². The first kappa shape index (κ1) is 12.5. The summed E-state index contributed by atoms with van der Waals surface area (Å²) in [4.78, 5) is 0. The van der Waals surface area contributed by atoms with Crippen LogP contribution in [0.1, 0.15) is 18.9 Å². The highest BCUT2D eigenvalue weighted by Crippen LogP contribution is 2.39. The molecule has 1 aromatic carbocycles. The van der Waals surface area contributed by atoms with E-state index in [1.807, 2.05) is 0 Å². The fraction of sp³-hybridized carbons (Fsp3) is 0.400. The van der Waals surface area contributed by atoms with E-state index in [2.05, 4.69) is 15.9 Å². The van der Waals surface area contributed by atoms with E-state index in [1.54, 1.807) is 12.1 Å². The van der Waals surface area contributed by atoms with Crippen molar-refractivity contribution in [2.45, 2.75) is 25.1 Å². The zero-order valence-electron chi connectivity index (χ0n) is 8.11. The van der Waals surface area contributed by atoms with Gasteiger partial charge in [0, 0.05) is 4.47 Å². The minimum atomic E-state index is -4.43. The van der Waals surface area contributed by atoms with Gasteiger partial charge in [-0.1, -0.05) is 35.0 Å². The largest absolute Gasteiger partial charge is 0.410 e. The molecule has 0 unspecified atom stereocenters. The van der Waals surface area contributed by atoms with E-state index in [0.717, 1.165) is 4.47 Å². The quantitative estimate of drug-likeness (QED) is 0.881. The number of alkyl halides is 3. The molecule has 0 fully saturated rings. The maximum Gasteiger partial charge on any atom is 0.410 e. The van der Waals surface area contributed by atoms with Gasteiger partial charge in [0.2, 0.25) is 0 Å². The van der Waals surface area contributed by atoms with Crippen molar-refractivity contribution in [1.82, 2.24) is 0 Å². The number of halogens is 4. The van der Waals surface area contributed by atoms with Crippen molar-refractivity contribution in [1.29, 1.82) is 0 Å². The van der Waals surface area contributed by atoms with Crippen LogP contribution in [0.4, 0.5) is 13.2 Å². The third-order valence-corrected chi connectivity index (χ3v) is 2.95. The third kappa shape index (κ3) is 2.34. The van der Waals surface area contributed by atoms with Gasteiger partial charge in [0.05, 0.1) is 0 Å². The van der Waals surface area contributed by atoms with E-state index in [0.29, 0.717) is 0 Å². The lowest BCUT2D eigenvalue weighted by atomic mass is 9.88. The lowest BCUT2D eigenvalue weighted by Crippen LogP contribution is -2.49. The minimum Gasteiger partial charge on any atom is -0.314 e. The van der Waals surface area contributed by atoms with Crippen LogP contribution in [0.3, 0.4) is 0 Å². The number of rotatable bonds is 2. The van der Waals surface area contributed by atoms with Crippen LogP contribution in [0.15, 0.2) is 28.7 Å². The molecular formula is C10H11BrF3N. The maximum atomic E-state index is 12.8. The Bertz CT molecular complexity index is 334. The molecule has 0 spiro atoms. The van der Waals surface area contributed by atoms with Crippen molar-refractivity contribution in [2.75, 3.05) is 0 Å². The van der Waals surface area contributed by atoms with Crippen LogP contribution >= 0.6 is 15.9 Å². The molecule has 1 rings (SSSR count). The first-order valence-electron chi connectivity index (χ1n) is 4.43. The van der Waals surface area contributed by atoms with Crippen LogP contribution < -0.4 is 5.73 Å². The summed E-state index contributed by atoms with van der Waals surface area (Å²) in [5, 5.41) is 0. The topological polar surface area (TPSA) is 26.0 Å². The summed E-state index contributed by atoms with van der Waals surface area (Å²) < 4.78 is 39.0. The van der Waals surface area contributed by atoms with Gasteiger partial charge in [-0.15, -0.1) is 0 Å². The third-order valence-electron chi connectivity index (χ3n) is 2.42. The van der Waals surface area contributed by atoms with Crippen molar-refractivity contribution in [3.05, 3.63) is 34.3 Å². The lowest BCUT2D eigenvalue weighted by molar-refractivity contribution is -0.190. The molecule has 0 aliphatic carbocycles. The van der Waals surface area contributed by atoms with Crippen molar-refractivity contribution in [3.8, 4) is 0 Å². The summed E-state index contributed by atoms with van der Waals surface area (Å²) in [6.45, 7) is 1.43. The van der Waals surface area contributed by atoms with Gasteiger partial charge in [0.15, 0.2) is 0 Å². The molecule has 0 aliphatic rings. The smallest absolute Gasteiger partial charge is 0.314 e. The molecule has 0 aromatic heterocycles. The van der Waals surface area contributed by atoms with Gasteiger partial charge in [-0.05, 0) is 24.1 Å². The molecule has 1 nitrogen and oxygen atoms in total. The summed E-state index contributed by atoms with van der Waals surface area (Å²) in [5.74, 6) is 0. The number of benzene rings is 1. The molecule has 0 radical (unpaired) electrons. The molecule has 0 saturated carbocycles. The standard InChI is InChI=1S/C10H11BrF3N/c1-2-9(15,10(12,13)14)7-3-5-8(11)6-4-7/h3-6H,2,15H2,1H3/t9-/m1/s1. The number of hydrogen-bond acceptors (Lipinski definition) is 1. The molecule has 0 amide bonds. The van der Waals surface area contributed by atoms with E-state index in [9.17, 15) is 13.2 Å². The second-order valence-electron chi connectivity index (χ2n) is 3.33. The summed E-state index contributed by atoms with van der Waals surface area (Å²) in [6, 6.07) is 5.89. The van der Waals surface area contributed by atoms with Crippen molar-refractivity contribution >= 4 is 15.9 Å². The Morgan fingerprint density at radius 1 is 1.20 bits per heavy atom. The molecule has 2 N–H and O–H groups in total. The molecular weight excluding hydrogens is 271 g/mol. The van der Waals surface area contributed by atoms with Crippen LogP contribution in [0, 0.1) is 0 Å². The molecule has 0 bridgehead atoms. The van der Waals surface area contributed by atoms with Crippen LogP contribution in [0.25, 0.3) is 0 Å². The summed E-state index contributed by atoms with van der Waals surface area (Å²) >= 11 is 3.16. The van der Waals surface area contributed by atoms with Gasteiger partial charge in [-0.3, -0.25) is 0 Å². The number of nitrogens with two attached hydrogens (primary N) is 1. The van der Waals surface area contributed by atoms with Crippen LogP contribution in [-0.2, 0) is 5.54 Å². The Morgan fingerprint density at radius 3 is 2.00 bits per heavy atom. The van der Waals surface area contributed by atoms with E-state index >= 15 is 0 Å². The predicted molar refractivity (Wildman–Crippen MR) is 56.4 cm³/mol. The Morgan fingerprint density at radius 2 is 1.67 bits per heavy atom. The van der Waals surface area contributed by atoms with Crippen LogP contribution in [0.2, 0.25) is 0 Å². The highest BCUT2D eigenvalue weighted by Gasteiger charge is 2.51. The van der Waals surface area contributed by atoms with Crippen LogP contribution in [0.5, 0.6) is 0 Å². The summed E-state index contributed by atoms with van der Waals surface area (Å²) in [7, 11) is 0. The van der Waals surface area contributed by atoms with E-state index in [4.69, 9.17) is 5.73 Å². The second kappa shape index (κ2) is 4.14. The average molecular weight is 282 g/mol. The second-order valence-corrected chi connectivity index (χ2v) is 4.25. The SMILES string of the molecule is CC[C@@](N)(c1ccc(Br)cc1)C(F)(F)F. The summed E-state index contributed by atoms with van der Waals surface area (Å²) in [6.07, 6.45) is -4.62. The van der Waals surface area contributed by atoms with E-state index < -0.39 is 11.7 Å². The molecule has 1 aromatic rings. The Kier molecular flexibility index (Phi) is 3.45. The maximum absolute atomic E-state index is 12.8. The Balaban J connectivity index is 3.18. The predicted octanol–water partition coefficient (Wildman–Crippen LogP) is 3.58. The number of hydrogen-bond donors (Lipinski definition) is 1. The molecule has 0 aliphatic heterocycles. The molecule has 0 heterocycles. The zero-order valence-corrected chi connectivity index (χ0v) is 9.69. The van der Waals surface area contributed by atoms with Crippen molar-refractivity contribution in [3.63, 3.8) is 0 Å².